The molecule has 0 aliphatic carbocycles. The van der Waals surface area contributed by atoms with Gasteiger partial charge in [-0.3, -0.25) is 9.59 Å². The minimum absolute atomic E-state index is 0.0539. The molecule has 2 rings (SSSR count). The Balaban J connectivity index is 1.70. The molecule has 0 N–H and O–H groups in total. The maximum absolute atomic E-state index is 11.7. The third-order valence-electron chi connectivity index (χ3n) is 3.28. The van der Waals surface area contributed by atoms with Crippen LogP contribution in [0.4, 0.5) is 0 Å². The summed E-state index contributed by atoms with van der Waals surface area (Å²) in [6.45, 7) is 3.73. The zero-order valence-electron chi connectivity index (χ0n) is 12.9. The number of ketones is 2. The highest BCUT2D eigenvalue weighted by atomic mass is 16.5. The summed E-state index contributed by atoms with van der Waals surface area (Å²) in [5.74, 6) is 2.16. The Hall–Kier alpha value is -2.36. The van der Waals surface area contributed by atoms with E-state index < -0.39 is 0 Å². The molecule has 0 aromatic carbocycles. The van der Waals surface area contributed by atoms with Gasteiger partial charge < -0.3 is 9.15 Å². The lowest BCUT2D eigenvalue weighted by molar-refractivity contribution is -0.119. The number of furan rings is 1. The van der Waals surface area contributed by atoms with Crippen LogP contribution >= 0.6 is 0 Å². The first-order valence-corrected chi connectivity index (χ1v) is 7.35. The van der Waals surface area contributed by atoms with Crippen LogP contribution in [0.15, 0.2) is 46.6 Å². The third kappa shape index (κ3) is 5.20. The van der Waals surface area contributed by atoms with Crippen molar-refractivity contribution in [2.75, 3.05) is 0 Å². The number of aryl methyl sites for hydroxylation is 1. The van der Waals surface area contributed by atoms with Crippen LogP contribution in [0, 0.1) is 6.92 Å². The predicted molar refractivity (Wildman–Crippen MR) is 84.1 cm³/mol. The quantitative estimate of drug-likeness (QED) is 0.719. The lowest BCUT2D eigenvalue weighted by atomic mass is 10.1. The molecule has 1 unspecified atom stereocenters. The smallest absolute Gasteiger partial charge is 0.156 e. The Labute approximate surface area is 130 Å². The molecule has 0 amide bonds. The lowest BCUT2D eigenvalue weighted by Crippen LogP contribution is -2.04. The molecule has 22 heavy (non-hydrogen) atoms. The van der Waals surface area contributed by atoms with Crippen molar-refractivity contribution < 1.29 is 18.7 Å². The van der Waals surface area contributed by atoms with Crippen molar-refractivity contribution in [2.24, 2.45) is 0 Å². The first-order valence-electron chi connectivity index (χ1n) is 7.35. The average molecular weight is 300 g/mol. The summed E-state index contributed by atoms with van der Waals surface area (Å²) in [5, 5.41) is 0. The highest BCUT2D eigenvalue weighted by Gasteiger charge is 2.12. The second-order valence-corrected chi connectivity index (χ2v) is 5.28. The maximum atomic E-state index is 11.7. The summed E-state index contributed by atoms with van der Waals surface area (Å²) in [6, 6.07) is 3.63. The van der Waals surface area contributed by atoms with Crippen molar-refractivity contribution in [1.29, 1.82) is 0 Å². The minimum atomic E-state index is -0.0922. The molecule has 0 fully saturated rings. The van der Waals surface area contributed by atoms with Crippen LogP contribution in [0.3, 0.4) is 0 Å². The number of carbonyl (C=O) groups excluding carboxylic acids is 2. The summed E-state index contributed by atoms with van der Waals surface area (Å²) < 4.78 is 10.8. The molecule has 1 aliphatic rings. The molecule has 1 aromatic heterocycles. The molecular formula is C18H20O4. The fourth-order valence-corrected chi connectivity index (χ4v) is 2.08. The largest absolute Gasteiger partial charge is 0.491 e. The molecular weight excluding hydrogens is 280 g/mol. The van der Waals surface area contributed by atoms with E-state index >= 15 is 0 Å². The standard InChI is InChI=1S/C18H20O4/c1-13-3-9-17(21-13)11-7-15(19)5-6-16(20)8-12-18-10-4-14(2)22-18/h3-4,7-9,11-12,18H,5-6,10H2,1-2H3/b11-7+,12-8+. The highest BCUT2D eigenvalue weighted by molar-refractivity contribution is 5.98. The number of hydrogen-bond donors (Lipinski definition) is 0. The van der Waals surface area contributed by atoms with Gasteiger partial charge in [0, 0.05) is 19.3 Å². The lowest BCUT2D eigenvalue weighted by Gasteiger charge is -2.05. The number of hydrogen-bond acceptors (Lipinski definition) is 4. The van der Waals surface area contributed by atoms with Crippen molar-refractivity contribution in [3.8, 4) is 0 Å². The van der Waals surface area contributed by atoms with Gasteiger partial charge in [0.2, 0.25) is 0 Å². The molecule has 0 bridgehead atoms. The number of ether oxygens (including phenoxy) is 1. The molecule has 0 radical (unpaired) electrons. The van der Waals surface area contributed by atoms with Gasteiger partial charge in [-0.15, -0.1) is 0 Å². The van der Waals surface area contributed by atoms with Gasteiger partial charge >= 0.3 is 0 Å². The summed E-state index contributed by atoms with van der Waals surface area (Å²) >= 11 is 0. The van der Waals surface area contributed by atoms with Gasteiger partial charge in [-0.1, -0.05) is 0 Å². The maximum Gasteiger partial charge on any atom is 0.156 e. The van der Waals surface area contributed by atoms with Crippen LogP contribution in [-0.4, -0.2) is 17.7 Å². The summed E-state index contributed by atoms with van der Waals surface area (Å²) in [4.78, 5) is 23.4. The van der Waals surface area contributed by atoms with Gasteiger partial charge in [0.15, 0.2) is 11.6 Å². The Morgan fingerprint density at radius 1 is 1.18 bits per heavy atom. The van der Waals surface area contributed by atoms with Crippen LogP contribution in [-0.2, 0) is 14.3 Å². The van der Waals surface area contributed by atoms with Gasteiger partial charge in [0.25, 0.3) is 0 Å². The Bertz CT molecular complexity index is 631. The fraction of sp³-hybridized carbons (Fsp3) is 0.333. The van der Waals surface area contributed by atoms with E-state index in [1.54, 1.807) is 18.2 Å². The Morgan fingerprint density at radius 3 is 2.50 bits per heavy atom. The van der Waals surface area contributed by atoms with E-state index in [0.717, 1.165) is 17.9 Å². The first-order chi connectivity index (χ1) is 10.5. The van der Waals surface area contributed by atoms with Gasteiger partial charge in [-0.25, -0.2) is 0 Å². The normalized spacial score (nSPS) is 17.9. The van der Waals surface area contributed by atoms with Gasteiger partial charge in [0.05, 0.1) is 5.76 Å². The van der Waals surface area contributed by atoms with Crippen LogP contribution in [0.1, 0.15) is 37.7 Å². The molecule has 1 atom stereocenters. The number of rotatable bonds is 7. The van der Waals surface area contributed by atoms with E-state index in [4.69, 9.17) is 9.15 Å². The fourth-order valence-electron chi connectivity index (χ4n) is 2.08. The molecule has 0 spiro atoms. The van der Waals surface area contributed by atoms with E-state index in [1.807, 2.05) is 26.0 Å². The van der Waals surface area contributed by atoms with E-state index in [-0.39, 0.29) is 30.5 Å². The number of allylic oxidation sites excluding steroid dienone is 3. The second-order valence-electron chi connectivity index (χ2n) is 5.28. The predicted octanol–water partition coefficient (Wildman–Crippen LogP) is 3.77. The monoisotopic (exact) mass is 300 g/mol. The van der Waals surface area contributed by atoms with E-state index in [1.165, 1.54) is 12.2 Å². The van der Waals surface area contributed by atoms with Crippen LogP contribution in [0.5, 0.6) is 0 Å². The molecule has 4 heteroatoms. The summed E-state index contributed by atoms with van der Waals surface area (Å²) in [5.41, 5.74) is 0. The van der Waals surface area contributed by atoms with Crippen molar-refractivity contribution in [1.82, 2.24) is 0 Å². The SMILES string of the molecule is CC1=CCC(/C=C/C(=O)CCC(=O)/C=C/c2ccc(C)o2)O1. The van der Waals surface area contributed by atoms with Gasteiger partial charge in [-0.2, -0.15) is 0 Å². The third-order valence-corrected chi connectivity index (χ3v) is 3.28. The molecule has 0 saturated carbocycles. The molecule has 116 valence electrons. The van der Waals surface area contributed by atoms with Crippen molar-refractivity contribution in [2.45, 2.75) is 39.2 Å². The molecule has 2 heterocycles. The zero-order valence-corrected chi connectivity index (χ0v) is 12.9. The van der Waals surface area contributed by atoms with Gasteiger partial charge in [-0.05, 0) is 56.4 Å². The van der Waals surface area contributed by atoms with Crippen molar-refractivity contribution in [3.63, 3.8) is 0 Å². The Morgan fingerprint density at radius 2 is 1.91 bits per heavy atom. The zero-order chi connectivity index (χ0) is 15.9. The summed E-state index contributed by atoms with van der Waals surface area (Å²) in [7, 11) is 0. The molecule has 1 aromatic rings. The highest BCUT2D eigenvalue weighted by Crippen LogP contribution is 2.17. The van der Waals surface area contributed by atoms with E-state index in [0.29, 0.717) is 5.76 Å². The van der Waals surface area contributed by atoms with E-state index in [2.05, 4.69) is 0 Å². The topological polar surface area (TPSA) is 56.5 Å². The van der Waals surface area contributed by atoms with Crippen LogP contribution < -0.4 is 0 Å². The minimum Gasteiger partial charge on any atom is -0.491 e. The summed E-state index contributed by atoms with van der Waals surface area (Å²) in [6.07, 6.45) is 9.45. The van der Waals surface area contributed by atoms with Gasteiger partial charge in [0.1, 0.15) is 17.6 Å². The van der Waals surface area contributed by atoms with Crippen molar-refractivity contribution >= 4 is 17.6 Å². The van der Waals surface area contributed by atoms with Crippen molar-refractivity contribution in [3.05, 3.63) is 53.7 Å². The molecule has 0 saturated heterocycles. The average Bonchev–Trinajstić information content (AvgIpc) is 3.09. The van der Waals surface area contributed by atoms with Crippen LogP contribution in [0.25, 0.3) is 6.08 Å². The molecule has 1 aliphatic heterocycles. The molecule has 4 nitrogen and oxygen atoms in total. The van der Waals surface area contributed by atoms with Crippen LogP contribution in [0.2, 0.25) is 0 Å². The number of carbonyl (C=O) groups is 2. The Kier molecular flexibility index (Phi) is 5.53. The second kappa shape index (κ2) is 7.59. The first kappa shape index (κ1) is 16.0. The van der Waals surface area contributed by atoms with E-state index in [9.17, 15) is 9.59 Å².